The first-order chi connectivity index (χ1) is 8.26. The van der Waals surface area contributed by atoms with Crippen LogP contribution >= 0.6 is 11.6 Å². The minimum absolute atomic E-state index is 0.359. The normalized spacial score (nSPS) is 15.5. The molecule has 0 aliphatic carbocycles. The zero-order valence-corrected chi connectivity index (χ0v) is 10.9. The van der Waals surface area contributed by atoms with Crippen molar-refractivity contribution in [2.24, 2.45) is 0 Å². The Labute approximate surface area is 106 Å². The van der Waals surface area contributed by atoms with E-state index in [1.54, 1.807) is 13.3 Å². The topological polar surface area (TPSA) is 50.3 Å². The van der Waals surface area contributed by atoms with E-state index in [9.17, 15) is 0 Å². The quantitative estimate of drug-likeness (QED) is 0.861. The summed E-state index contributed by atoms with van der Waals surface area (Å²) in [6.07, 6.45) is 2.65. The molecule has 1 saturated heterocycles. The molecule has 17 heavy (non-hydrogen) atoms. The molecule has 2 rings (SSSR count). The number of anilines is 1. The number of methoxy groups -OCH3 is 1. The third-order valence-electron chi connectivity index (χ3n) is 2.82. The third-order valence-corrected chi connectivity index (χ3v) is 3.09. The third kappa shape index (κ3) is 2.61. The molecule has 0 spiro atoms. The van der Waals surface area contributed by atoms with Gasteiger partial charge in [-0.05, 0) is 6.42 Å². The minimum atomic E-state index is 0.359. The summed E-state index contributed by atoms with van der Waals surface area (Å²) in [6, 6.07) is 0.824. The molecular weight excluding hydrogens is 240 g/mol. The number of aromatic nitrogens is 2. The molecule has 1 aliphatic rings. The van der Waals surface area contributed by atoms with Gasteiger partial charge in [0.1, 0.15) is 5.02 Å². The standard InChI is InChI=1S/C11H17ClN4O/c1-3-4-16(8-5-13-6-8)10-9(12)7-14-11(15-10)17-2/h7-8,13H,3-6H2,1-2H3. The molecule has 0 bridgehead atoms. The van der Waals surface area contributed by atoms with Crippen LogP contribution in [0.2, 0.25) is 5.02 Å². The molecule has 94 valence electrons. The lowest BCUT2D eigenvalue weighted by Gasteiger charge is -2.39. The van der Waals surface area contributed by atoms with Crippen LogP contribution in [0.25, 0.3) is 0 Å². The molecule has 1 fully saturated rings. The van der Waals surface area contributed by atoms with E-state index in [2.05, 4.69) is 27.1 Å². The molecule has 1 N–H and O–H groups in total. The zero-order chi connectivity index (χ0) is 12.3. The summed E-state index contributed by atoms with van der Waals surface area (Å²) in [5.41, 5.74) is 0. The summed E-state index contributed by atoms with van der Waals surface area (Å²) in [7, 11) is 1.56. The molecule has 1 aromatic heterocycles. The van der Waals surface area contributed by atoms with Crippen LogP contribution in [0, 0.1) is 0 Å². The van der Waals surface area contributed by atoms with E-state index in [1.165, 1.54) is 0 Å². The van der Waals surface area contributed by atoms with Gasteiger partial charge in [0.05, 0.1) is 19.3 Å². The predicted molar refractivity (Wildman–Crippen MR) is 67.9 cm³/mol. The van der Waals surface area contributed by atoms with Crippen molar-refractivity contribution in [1.29, 1.82) is 0 Å². The number of nitrogens with zero attached hydrogens (tertiary/aromatic N) is 3. The molecule has 1 aromatic rings. The number of hydrogen-bond acceptors (Lipinski definition) is 5. The van der Waals surface area contributed by atoms with Gasteiger partial charge in [-0.15, -0.1) is 0 Å². The molecule has 1 aliphatic heterocycles. The molecule has 0 radical (unpaired) electrons. The Morgan fingerprint density at radius 1 is 1.59 bits per heavy atom. The summed E-state index contributed by atoms with van der Waals surface area (Å²) >= 11 is 6.17. The fraction of sp³-hybridized carbons (Fsp3) is 0.636. The molecule has 6 heteroatoms. The Hall–Kier alpha value is -1.07. The smallest absolute Gasteiger partial charge is 0.318 e. The van der Waals surface area contributed by atoms with E-state index in [4.69, 9.17) is 16.3 Å². The molecule has 5 nitrogen and oxygen atoms in total. The van der Waals surface area contributed by atoms with Crippen LogP contribution in [0.5, 0.6) is 6.01 Å². The van der Waals surface area contributed by atoms with Crippen molar-refractivity contribution in [3.8, 4) is 6.01 Å². The molecule has 0 unspecified atom stereocenters. The van der Waals surface area contributed by atoms with Gasteiger partial charge in [0.2, 0.25) is 0 Å². The lowest BCUT2D eigenvalue weighted by Crippen LogP contribution is -2.58. The van der Waals surface area contributed by atoms with E-state index in [-0.39, 0.29) is 0 Å². The summed E-state index contributed by atoms with van der Waals surface area (Å²) in [6.45, 7) is 5.03. The minimum Gasteiger partial charge on any atom is -0.467 e. The van der Waals surface area contributed by atoms with Crippen molar-refractivity contribution in [2.75, 3.05) is 31.6 Å². The number of nitrogens with one attached hydrogen (secondary N) is 1. The van der Waals surface area contributed by atoms with Crippen molar-refractivity contribution in [3.05, 3.63) is 11.2 Å². The summed E-state index contributed by atoms with van der Waals surface area (Å²) in [5, 5.41) is 3.83. The van der Waals surface area contributed by atoms with E-state index in [0.29, 0.717) is 17.1 Å². The fourth-order valence-corrected chi connectivity index (χ4v) is 2.04. The van der Waals surface area contributed by atoms with Crippen LogP contribution in [0.1, 0.15) is 13.3 Å². The first-order valence-electron chi connectivity index (χ1n) is 5.80. The van der Waals surface area contributed by atoms with Crippen molar-refractivity contribution in [1.82, 2.24) is 15.3 Å². The number of hydrogen-bond donors (Lipinski definition) is 1. The van der Waals surface area contributed by atoms with Gasteiger partial charge in [0, 0.05) is 19.6 Å². The maximum absolute atomic E-state index is 6.17. The van der Waals surface area contributed by atoms with Crippen molar-refractivity contribution in [2.45, 2.75) is 19.4 Å². The number of rotatable bonds is 5. The second-order valence-electron chi connectivity index (χ2n) is 4.03. The van der Waals surface area contributed by atoms with Gasteiger partial charge in [0.25, 0.3) is 0 Å². The lowest BCUT2D eigenvalue weighted by atomic mass is 10.1. The zero-order valence-electron chi connectivity index (χ0n) is 10.1. The first kappa shape index (κ1) is 12.4. The Balaban J connectivity index is 2.26. The Morgan fingerprint density at radius 2 is 2.35 bits per heavy atom. The van der Waals surface area contributed by atoms with Gasteiger partial charge in [0.15, 0.2) is 5.82 Å². The molecule has 0 amide bonds. The fourth-order valence-electron chi connectivity index (χ4n) is 1.84. The average molecular weight is 257 g/mol. The summed E-state index contributed by atoms with van der Waals surface area (Å²) in [5.74, 6) is 0.770. The summed E-state index contributed by atoms with van der Waals surface area (Å²) < 4.78 is 5.05. The highest BCUT2D eigenvalue weighted by Crippen LogP contribution is 2.27. The number of ether oxygens (including phenoxy) is 1. The SMILES string of the molecule is CCCN(c1nc(OC)ncc1Cl)C1CNC1. The Bertz CT molecular complexity index is 384. The Morgan fingerprint density at radius 3 is 2.88 bits per heavy atom. The van der Waals surface area contributed by atoms with Crippen LogP contribution in [0.3, 0.4) is 0 Å². The molecule has 0 saturated carbocycles. The molecule has 0 aromatic carbocycles. The van der Waals surface area contributed by atoms with Gasteiger partial charge >= 0.3 is 6.01 Å². The van der Waals surface area contributed by atoms with Gasteiger partial charge in [-0.25, -0.2) is 4.98 Å². The molecule has 0 atom stereocenters. The van der Waals surface area contributed by atoms with Crippen LogP contribution in [0.4, 0.5) is 5.82 Å². The van der Waals surface area contributed by atoms with Crippen LogP contribution in [-0.2, 0) is 0 Å². The van der Waals surface area contributed by atoms with Gasteiger partial charge in [-0.1, -0.05) is 18.5 Å². The van der Waals surface area contributed by atoms with Crippen molar-refractivity contribution >= 4 is 17.4 Å². The number of halogens is 1. The van der Waals surface area contributed by atoms with E-state index < -0.39 is 0 Å². The van der Waals surface area contributed by atoms with E-state index >= 15 is 0 Å². The first-order valence-corrected chi connectivity index (χ1v) is 6.18. The lowest BCUT2D eigenvalue weighted by molar-refractivity contribution is 0.375. The van der Waals surface area contributed by atoms with Crippen LogP contribution < -0.4 is 15.0 Å². The average Bonchev–Trinajstić information content (AvgIpc) is 2.27. The van der Waals surface area contributed by atoms with E-state index in [1.807, 2.05) is 0 Å². The van der Waals surface area contributed by atoms with Gasteiger partial charge in [-0.2, -0.15) is 4.98 Å². The van der Waals surface area contributed by atoms with E-state index in [0.717, 1.165) is 31.9 Å². The highest BCUT2D eigenvalue weighted by atomic mass is 35.5. The maximum atomic E-state index is 6.17. The monoisotopic (exact) mass is 256 g/mol. The van der Waals surface area contributed by atoms with Crippen LogP contribution in [0.15, 0.2) is 6.20 Å². The van der Waals surface area contributed by atoms with Crippen LogP contribution in [-0.4, -0.2) is 42.8 Å². The molecular formula is C11H17ClN4O. The summed E-state index contributed by atoms with van der Waals surface area (Å²) in [4.78, 5) is 10.6. The van der Waals surface area contributed by atoms with Crippen molar-refractivity contribution in [3.63, 3.8) is 0 Å². The second kappa shape index (κ2) is 5.51. The maximum Gasteiger partial charge on any atom is 0.318 e. The molecule has 2 heterocycles. The van der Waals surface area contributed by atoms with Gasteiger partial charge < -0.3 is 15.0 Å². The van der Waals surface area contributed by atoms with Crippen molar-refractivity contribution < 1.29 is 4.74 Å². The highest BCUT2D eigenvalue weighted by Gasteiger charge is 2.27. The second-order valence-corrected chi connectivity index (χ2v) is 4.44. The van der Waals surface area contributed by atoms with Gasteiger partial charge in [-0.3, -0.25) is 0 Å². The Kier molecular flexibility index (Phi) is 4.02. The largest absolute Gasteiger partial charge is 0.467 e. The highest BCUT2D eigenvalue weighted by molar-refractivity contribution is 6.32. The predicted octanol–water partition coefficient (Wildman–Crippen LogP) is 1.33.